The summed E-state index contributed by atoms with van der Waals surface area (Å²) >= 11 is 0. The normalized spacial score (nSPS) is 19.4. The lowest BCUT2D eigenvalue weighted by Crippen LogP contribution is -2.45. The molecule has 3 heterocycles. The molecule has 162 valence electrons. The van der Waals surface area contributed by atoms with Crippen molar-refractivity contribution in [2.24, 2.45) is 5.92 Å². The molecule has 6 nitrogen and oxygen atoms in total. The van der Waals surface area contributed by atoms with Crippen molar-refractivity contribution in [3.05, 3.63) is 53.2 Å². The van der Waals surface area contributed by atoms with E-state index in [0.29, 0.717) is 30.6 Å². The topological polar surface area (TPSA) is 52.8 Å². The average molecular weight is 418 g/mol. The monoisotopic (exact) mass is 418 g/mol. The van der Waals surface area contributed by atoms with Crippen molar-refractivity contribution in [2.45, 2.75) is 32.9 Å². The number of likely N-dealkylation sites (tertiary alicyclic amines) is 1. The summed E-state index contributed by atoms with van der Waals surface area (Å²) in [5.74, 6) is -0.449. The molecule has 0 unspecified atom stereocenters. The van der Waals surface area contributed by atoms with E-state index in [1.165, 1.54) is 18.4 Å². The molecule has 2 aliphatic rings. The molecule has 1 aromatic heterocycles. The molecule has 0 N–H and O–H groups in total. The summed E-state index contributed by atoms with van der Waals surface area (Å²) in [5, 5.41) is 0. The molecule has 1 aromatic carbocycles. The largest absolute Gasteiger partial charge is 0.447 e. The number of piperazine rings is 1. The first-order valence-electron chi connectivity index (χ1n) is 10.6. The van der Waals surface area contributed by atoms with Crippen molar-refractivity contribution in [3.63, 3.8) is 0 Å². The van der Waals surface area contributed by atoms with Crippen LogP contribution in [0.2, 0.25) is 0 Å². The Labute approximate surface area is 175 Å². The number of oxazole rings is 1. The molecule has 2 aromatic rings. The Morgan fingerprint density at radius 2 is 1.70 bits per heavy atom. The Bertz CT molecular complexity index is 872. The van der Waals surface area contributed by atoms with Gasteiger partial charge < -0.3 is 9.32 Å². The number of amides is 1. The number of aromatic nitrogens is 1. The number of carbonyl (C=O) groups excluding carboxylic acids is 1. The van der Waals surface area contributed by atoms with Gasteiger partial charge in [-0.05, 0) is 36.5 Å². The highest BCUT2D eigenvalue weighted by molar-refractivity contribution is 5.92. The van der Waals surface area contributed by atoms with E-state index >= 15 is 0 Å². The third-order valence-corrected chi connectivity index (χ3v) is 6.06. The SMILES string of the molecule is CC1CCN(C(=O)c2coc(CN3CCN(Cc4ccc(F)c(F)c4)CC3)n2)CC1. The summed E-state index contributed by atoms with van der Waals surface area (Å²) in [6.07, 6.45) is 3.53. The molecule has 0 spiro atoms. The van der Waals surface area contributed by atoms with Gasteiger partial charge in [-0.25, -0.2) is 13.8 Å². The molecule has 30 heavy (non-hydrogen) atoms. The fraction of sp³-hybridized carbons (Fsp3) is 0.545. The van der Waals surface area contributed by atoms with Crippen LogP contribution in [-0.4, -0.2) is 64.9 Å². The number of nitrogens with zero attached hydrogens (tertiary/aromatic N) is 4. The predicted molar refractivity (Wildman–Crippen MR) is 108 cm³/mol. The standard InChI is InChI=1S/C22H28F2N4O2/c1-16-4-6-28(7-5-16)22(29)20-15-30-21(25-20)14-27-10-8-26(9-11-27)13-17-2-3-18(23)19(24)12-17/h2-3,12,15-16H,4-11,13-14H2,1H3. The van der Waals surface area contributed by atoms with Gasteiger partial charge in [-0.15, -0.1) is 0 Å². The Morgan fingerprint density at radius 1 is 1.03 bits per heavy atom. The van der Waals surface area contributed by atoms with E-state index in [9.17, 15) is 13.6 Å². The first kappa shape index (κ1) is 20.9. The second-order valence-corrected chi connectivity index (χ2v) is 8.40. The third-order valence-electron chi connectivity index (χ3n) is 6.06. The summed E-state index contributed by atoms with van der Waals surface area (Å²) in [4.78, 5) is 23.3. The van der Waals surface area contributed by atoms with Crippen LogP contribution in [0, 0.1) is 17.6 Å². The van der Waals surface area contributed by atoms with Crippen LogP contribution in [0.3, 0.4) is 0 Å². The molecule has 0 atom stereocenters. The van der Waals surface area contributed by atoms with Crippen LogP contribution >= 0.6 is 0 Å². The highest BCUT2D eigenvalue weighted by atomic mass is 19.2. The van der Waals surface area contributed by atoms with Crippen molar-refractivity contribution >= 4 is 5.91 Å². The van der Waals surface area contributed by atoms with Crippen LogP contribution in [0.5, 0.6) is 0 Å². The van der Waals surface area contributed by atoms with Gasteiger partial charge in [0.15, 0.2) is 17.3 Å². The quantitative estimate of drug-likeness (QED) is 0.747. The molecular formula is C22H28F2N4O2. The molecule has 2 fully saturated rings. The van der Waals surface area contributed by atoms with E-state index in [2.05, 4.69) is 21.7 Å². The van der Waals surface area contributed by atoms with E-state index in [4.69, 9.17) is 4.42 Å². The molecule has 0 aliphatic carbocycles. The van der Waals surface area contributed by atoms with Gasteiger partial charge >= 0.3 is 0 Å². The van der Waals surface area contributed by atoms with Crippen molar-refractivity contribution in [2.75, 3.05) is 39.3 Å². The second-order valence-electron chi connectivity index (χ2n) is 8.40. The van der Waals surface area contributed by atoms with E-state index in [0.717, 1.165) is 57.7 Å². The Kier molecular flexibility index (Phi) is 6.43. The van der Waals surface area contributed by atoms with E-state index in [1.54, 1.807) is 6.07 Å². The first-order valence-corrected chi connectivity index (χ1v) is 10.6. The molecule has 8 heteroatoms. The first-order chi connectivity index (χ1) is 14.5. The van der Waals surface area contributed by atoms with Gasteiger partial charge in [-0.3, -0.25) is 14.6 Å². The minimum absolute atomic E-state index is 0.0479. The van der Waals surface area contributed by atoms with Crippen LogP contribution in [0.25, 0.3) is 0 Å². The zero-order chi connectivity index (χ0) is 21.1. The number of hydrogen-bond donors (Lipinski definition) is 0. The summed E-state index contributed by atoms with van der Waals surface area (Å²) < 4.78 is 32.0. The molecule has 0 saturated carbocycles. The van der Waals surface area contributed by atoms with Gasteiger partial charge in [0.2, 0.25) is 5.89 Å². The molecule has 0 bridgehead atoms. The zero-order valence-electron chi connectivity index (χ0n) is 17.3. The number of benzene rings is 1. The van der Waals surface area contributed by atoms with Crippen LogP contribution in [0.15, 0.2) is 28.9 Å². The van der Waals surface area contributed by atoms with Crippen molar-refractivity contribution in [1.29, 1.82) is 0 Å². The maximum absolute atomic E-state index is 13.4. The number of rotatable bonds is 5. The van der Waals surface area contributed by atoms with Gasteiger partial charge in [0.1, 0.15) is 6.26 Å². The van der Waals surface area contributed by atoms with Gasteiger partial charge in [0, 0.05) is 45.8 Å². The average Bonchev–Trinajstić information content (AvgIpc) is 3.21. The lowest BCUT2D eigenvalue weighted by atomic mass is 9.99. The minimum atomic E-state index is -0.817. The lowest BCUT2D eigenvalue weighted by Gasteiger charge is -2.34. The van der Waals surface area contributed by atoms with E-state index in [-0.39, 0.29) is 5.91 Å². The predicted octanol–water partition coefficient (Wildman–Crippen LogP) is 3.14. The summed E-state index contributed by atoms with van der Waals surface area (Å²) in [6.45, 7) is 8.20. The number of piperidine rings is 1. The Hall–Kier alpha value is -2.32. The smallest absolute Gasteiger partial charge is 0.275 e. The fourth-order valence-corrected chi connectivity index (χ4v) is 4.05. The highest BCUT2D eigenvalue weighted by Crippen LogP contribution is 2.19. The number of hydrogen-bond acceptors (Lipinski definition) is 5. The Balaban J connectivity index is 1.25. The summed E-state index contributed by atoms with van der Waals surface area (Å²) in [6, 6.07) is 4.06. The van der Waals surface area contributed by atoms with E-state index in [1.807, 2.05) is 4.90 Å². The van der Waals surface area contributed by atoms with Crippen LogP contribution in [-0.2, 0) is 13.1 Å². The van der Waals surface area contributed by atoms with Crippen LogP contribution < -0.4 is 0 Å². The van der Waals surface area contributed by atoms with E-state index < -0.39 is 11.6 Å². The van der Waals surface area contributed by atoms with Crippen LogP contribution in [0.4, 0.5) is 8.78 Å². The minimum Gasteiger partial charge on any atom is -0.447 e. The molecule has 2 saturated heterocycles. The molecule has 1 amide bonds. The van der Waals surface area contributed by atoms with Crippen molar-refractivity contribution in [3.8, 4) is 0 Å². The molecule has 4 rings (SSSR count). The number of carbonyl (C=O) groups is 1. The van der Waals surface area contributed by atoms with Gasteiger partial charge in [0.25, 0.3) is 5.91 Å². The number of halogens is 2. The maximum Gasteiger partial charge on any atom is 0.275 e. The maximum atomic E-state index is 13.4. The van der Waals surface area contributed by atoms with Gasteiger partial charge in [0.05, 0.1) is 6.54 Å². The molecular weight excluding hydrogens is 390 g/mol. The van der Waals surface area contributed by atoms with Crippen LogP contribution in [0.1, 0.15) is 41.7 Å². The van der Waals surface area contributed by atoms with Crippen molar-refractivity contribution < 1.29 is 18.0 Å². The van der Waals surface area contributed by atoms with Crippen molar-refractivity contribution in [1.82, 2.24) is 19.7 Å². The molecule has 2 aliphatic heterocycles. The highest BCUT2D eigenvalue weighted by Gasteiger charge is 2.25. The fourth-order valence-electron chi connectivity index (χ4n) is 4.05. The Morgan fingerprint density at radius 3 is 2.37 bits per heavy atom. The zero-order valence-corrected chi connectivity index (χ0v) is 17.3. The molecule has 0 radical (unpaired) electrons. The van der Waals surface area contributed by atoms with Gasteiger partial charge in [-0.1, -0.05) is 13.0 Å². The van der Waals surface area contributed by atoms with Gasteiger partial charge in [-0.2, -0.15) is 0 Å². The third kappa shape index (κ3) is 5.05. The summed E-state index contributed by atoms with van der Waals surface area (Å²) in [5.41, 5.74) is 1.15. The second kappa shape index (κ2) is 9.22. The summed E-state index contributed by atoms with van der Waals surface area (Å²) in [7, 11) is 0. The lowest BCUT2D eigenvalue weighted by molar-refractivity contribution is 0.0691.